The van der Waals surface area contributed by atoms with E-state index in [1.54, 1.807) is 0 Å². The Morgan fingerprint density at radius 2 is 1.50 bits per heavy atom. The minimum absolute atomic E-state index is 0.240. The first-order chi connectivity index (χ1) is 22.5. The van der Waals surface area contributed by atoms with Gasteiger partial charge in [-0.05, 0) is 118 Å². The van der Waals surface area contributed by atoms with Gasteiger partial charge in [0.25, 0.3) is 0 Å². The van der Waals surface area contributed by atoms with Gasteiger partial charge in [0.05, 0.1) is 12.7 Å². The van der Waals surface area contributed by atoms with Gasteiger partial charge >= 0.3 is 24.1 Å². The molecule has 0 N–H and O–H groups in total. The summed E-state index contributed by atoms with van der Waals surface area (Å²) < 4.78 is 134. The van der Waals surface area contributed by atoms with Crippen LogP contribution in [0.1, 0.15) is 88.2 Å². The molecule has 3 aliphatic rings. The molecule has 0 aliphatic heterocycles. The van der Waals surface area contributed by atoms with Crippen LogP contribution in [0.25, 0.3) is 0 Å². The Morgan fingerprint density at radius 3 is 2.17 bits per heavy atom. The van der Waals surface area contributed by atoms with Crippen LogP contribution in [0.2, 0.25) is 0 Å². The third-order valence-electron chi connectivity index (χ3n) is 10.9. The zero-order valence-electron chi connectivity index (χ0n) is 27.5. The van der Waals surface area contributed by atoms with Crippen molar-refractivity contribution in [2.45, 2.75) is 114 Å². The molecular formula is C34H47BrF9NO3. The third kappa shape index (κ3) is 8.44. The predicted octanol–water partition coefficient (Wildman–Crippen LogP) is 10.0. The van der Waals surface area contributed by atoms with Crippen LogP contribution in [0.4, 0.5) is 39.5 Å². The quantitative estimate of drug-likeness (QED) is 0.0953. The number of unbranched alkanes of at least 4 members (excludes halogenated alkanes) is 3. The largest absolute Gasteiger partial charge is 0.492 e. The van der Waals surface area contributed by atoms with Crippen LogP contribution < -0.4 is 4.74 Å². The average molecular weight is 769 g/mol. The Hall–Kier alpha value is -1.25. The summed E-state index contributed by atoms with van der Waals surface area (Å²) in [5.74, 6) is 1.98. The molecule has 3 aliphatic carbocycles. The summed E-state index contributed by atoms with van der Waals surface area (Å²) in [4.78, 5) is 2.29. The second-order valence-electron chi connectivity index (χ2n) is 13.9. The van der Waals surface area contributed by atoms with Crippen molar-refractivity contribution in [3.8, 4) is 5.75 Å². The molecule has 0 heterocycles. The van der Waals surface area contributed by atoms with Crippen LogP contribution in [0.15, 0.2) is 18.2 Å². The number of alkyl halides is 10. The molecule has 0 amide bonds. The molecule has 1 aromatic carbocycles. The number of hydrogen-bond donors (Lipinski definition) is 0. The van der Waals surface area contributed by atoms with Gasteiger partial charge in [0, 0.05) is 18.5 Å². The van der Waals surface area contributed by atoms with Crippen LogP contribution in [-0.4, -0.2) is 80.4 Å². The van der Waals surface area contributed by atoms with Gasteiger partial charge in [0.2, 0.25) is 0 Å². The number of nitrogens with zero attached hydrogens (tertiary/aromatic N) is 1. The Labute approximate surface area is 285 Å². The molecule has 276 valence electrons. The number of likely N-dealkylation sites (N-methyl/N-ethyl adjacent to an activating group) is 1. The zero-order valence-corrected chi connectivity index (χ0v) is 29.1. The fraction of sp³-hybridized carbons (Fsp3) is 0.824. The molecule has 2 fully saturated rings. The topological polar surface area (TPSA) is 30.9 Å². The Bertz CT molecular complexity index is 1140. The maximum absolute atomic E-state index is 13.1. The van der Waals surface area contributed by atoms with Gasteiger partial charge in [-0.3, -0.25) is 0 Å². The summed E-state index contributed by atoms with van der Waals surface area (Å²) in [6, 6.07) is 6.39. The molecule has 0 saturated heterocycles. The van der Waals surface area contributed by atoms with E-state index in [0.29, 0.717) is 30.8 Å². The van der Waals surface area contributed by atoms with E-state index in [0.717, 1.165) is 56.3 Å². The predicted molar refractivity (Wildman–Crippen MR) is 168 cm³/mol. The maximum atomic E-state index is 13.1. The van der Waals surface area contributed by atoms with E-state index in [1.807, 2.05) is 6.07 Å². The zero-order chi connectivity index (χ0) is 35.4. The van der Waals surface area contributed by atoms with E-state index >= 15 is 0 Å². The van der Waals surface area contributed by atoms with Gasteiger partial charge < -0.3 is 19.1 Å². The molecule has 2 saturated carbocycles. The lowest BCUT2D eigenvalue weighted by atomic mass is 9.55. The van der Waals surface area contributed by atoms with Crippen LogP contribution in [0.5, 0.6) is 5.75 Å². The molecule has 0 radical (unpaired) electrons. The fourth-order valence-electron chi connectivity index (χ4n) is 8.37. The van der Waals surface area contributed by atoms with E-state index in [9.17, 15) is 39.5 Å². The van der Waals surface area contributed by atoms with E-state index < -0.39 is 37.2 Å². The van der Waals surface area contributed by atoms with Crippen molar-refractivity contribution < 1.29 is 53.7 Å². The first-order valence-electron chi connectivity index (χ1n) is 16.9. The van der Waals surface area contributed by atoms with Crippen LogP contribution in [0, 0.1) is 17.3 Å². The highest BCUT2D eigenvalue weighted by molar-refractivity contribution is 9.09. The lowest BCUT2D eigenvalue weighted by Crippen LogP contribution is -2.67. The number of benzene rings is 1. The fourth-order valence-corrected chi connectivity index (χ4v) is 8.77. The average Bonchev–Trinajstić information content (AvgIpc) is 3.32. The molecular weight excluding hydrogens is 721 g/mol. The summed E-state index contributed by atoms with van der Waals surface area (Å²) in [5.41, 5.74) is -3.85. The number of halogens is 10. The monoisotopic (exact) mass is 767 g/mol. The molecule has 48 heavy (non-hydrogen) atoms. The smallest absolute Gasteiger partial charge is 0.435 e. The number of aryl methyl sites for hydroxylation is 1. The molecule has 5 atom stereocenters. The van der Waals surface area contributed by atoms with Gasteiger partial charge in [0.15, 0.2) is 0 Å². The van der Waals surface area contributed by atoms with Crippen LogP contribution in [-0.2, 0) is 15.9 Å². The van der Waals surface area contributed by atoms with E-state index in [-0.39, 0.29) is 18.1 Å². The van der Waals surface area contributed by atoms with Crippen LogP contribution >= 0.6 is 15.9 Å². The van der Waals surface area contributed by atoms with Gasteiger partial charge in [-0.15, -0.1) is 0 Å². The minimum Gasteiger partial charge on any atom is -0.492 e. The Balaban J connectivity index is 1.27. The molecule has 14 heteroatoms. The molecule has 0 aromatic heterocycles. The summed E-state index contributed by atoms with van der Waals surface area (Å²) >= 11 is 3.46. The molecule has 4 nitrogen and oxygen atoms in total. The van der Waals surface area contributed by atoms with Crippen LogP contribution in [0.3, 0.4) is 0 Å². The number of ether oxygens (including phenoxy) is 3. The minimum atomic E-state index is -6.73. The van der Waals surface area contributed by atoms with Gasteiger partial charge in [0.1, 0.15) is 12.4 Å². The van der Waals surface area contributed by atoms with Gasteiger partial charge in [-0.25, -0.2) is 0 Å². The molecule has 0 unspecified atom stereocenters. The van der Waals surface area contributed by atoms with E-state index in [4.69, 9.17) is 9.47 Å². The summed E-state index contributed by atoms with van der Waals surface area (Å²) in [5, 5.41) is 1.05. The van der Waals surface area contributed by atoms with E-state index in [2.05, 4.69) is 51.7 Å². The van der Waals surface area contributed by atoms with Crippen molar-refractivity contribution in [1.82, 2.24) is 4.90 Å². The van der Waals surface area contributed by atoms with Crippen molar-refractivity contribution in [2.24, 2.45) is 17.3 Å². The van der Waals surface area contributed by atoms with Crippen molar-refractivity contribution >= 4 is 15.9 Å². The number of rotatable bonds is 16. The SMILES string of the molecule is CN(CCCCCCBr)CCOc1ccc2c(c1)CC[C@@H]1[C@@H]2CC[C@]2(C)[C@@H](OCCCOC(C(F)(F)F)(C(F)(F)F)C(F)(F)F)CC[C@@H]12. The Morgan fingerprint density at radius 1 is 0.812 bits per heavy atom. The molecule has 0 bridgehead atoms. The molecule has 0 spiro atoms. The highest BCUT2D eigenvalue weighted by Gasteiger charge is 2.85. The summed E-state index contributed by atoms with van der Waals surface area (Å²) in [7, 11) is 2.11. The highest BCUT2D eigenvalue weighted by Crippen LogP contribution is 2.62. The first kappa shape index (κ1) is 39.5. The number of fused-ring (bicyclic) bond motifs is 5. The van der Waals surface area contributed by atoms with Crippen molar-refractivity contribution in [1.29, 1.82) is 0 Å². The van der Waals surface area contributed by atoms with Crippen molar-refractivity contribution in [3.05, 3.63) is 29.3 Å². The van der Waals surface area contributed by atoms with E-state index in [1.165, 1.54) is 36.8 Å². The van der Waals surface area contributed by atoms with Crippen molar-refractivity contribution in [3.63, 3.8) is 0 Å². The lowest BCUT2D eigenvalue weighted by molar-refractivity contribution is -0.457. The van der Waals surface area contributed by atoms with Crippen molar-refractivity contribution in [2.75, 3.05) is 45.3 Å². The normalized spacial score (nSPS) is 26.4. The maximum Gasteiger partial charge on any atom is 0.435 e. The Kier molecular flexibility index (Phi) is 13.2. The second-order valence-corrected chi connectivity index (χ2v) is 14.7. The molecule has 4 rings (SSSR count). The first-order valence-corrected chi connectivity index (χ1v) is 18.0. The standard InChI is InChI=1S/C34H47BrF9NO3/c1-30-15-14-26-25-11-9-24(46-21-18-45(2)17-6-4-3-5-16-35)22-23(25)8-10-27(26)28(30)12-13-29(30)47-19-7-20-48-31(32(36,37)38,33(39,40)41)34(42,43)44/h9,11,22,26-29H,3-8,10,12-21H2,1-2H3/t26-,27-,28+,29+,30+/m1/s1. The third-order valence-corrected chi connectivity index (χ3v) is 11.5. The van der Waals surface area contributed by atoms with Gasteiger partial charge in [-0.2, -0.15) is 39.5 Å². The number of hydrogen-bond acceptors (Lipinski definition) is 4. The highest BCUT2D eigenvalue weighted by atomic mass is 79.9. The summed E-state index contributed by atoms with van der Waals surface area (Å²) in [6.45, 7) is 2.93. The summed E-state index contributed by atoms with van der Waals surface area (Å²) in [6.07, 6.45) is -11.0. The second kappa shape index (κ2) is 16.0. The lowest BCUT2D eigenvalue weighted by Gasteiger charge is -2.50. The molecule has 1 aromatic rings. The van der Waals surface area contributed by atoms with Gasteiger partial charge in [-0.1, -0.05) is 41.8 Å².